The first-order chi connectivity index (χ1) is 17.8. The summed E-state index contributed by atoms with van der Waals surface area (Å²) >= 11 is 0. The van der Waals surface area contributed by atoms with Gasteiger partial charge in [0.15, 0.2) is 0 Å². The molecule has 8 heteroatoms. The first kappa shape index (κ1) is 26.7. The summed E-state index contributed by atoms with van der Waals surface area (Å²) in [7, 11) is -4.12. The molecule has 0 saturated carbocycles. The molecule has 0 aromatic heterocycles. The number of fused-ring (bicyclic) bond motifs is 1. The van der Waals surface area contributed by atoms with Gasteiger partial charge in [-0.15, -0.1) is 0 Å². The van der Waals surface area contributed by atoms with Crippen molar-refractivity contribution in [3.63, 3.8) is 0 Å². The third kappa shape index (κ3) is 6.31. The smallest absolute Gasteiger partial charge is 0.264 e. The van der Waals surface area contributed by atoms with E-state index >= 15 is 0 Å². The molecule has 37 heavy (non-hydrogen) atoms. The van der Waals surface area contributed by atoms with Gasteiger partial charge in [0.25, 0.3) is 10.0 Å². The van der Waals surface area contributed by atoms with Crippen molar-refractivity contribution in [3.8, 4) is 5.75 Å². The summed E-state index contributed by atoms with van der Waals surface area (Å²) < 4.78 is 47.3. The fourth-order valence-corrected chi connectivity index (χ4v) is 6.11. The lowest BCUT2D eigenvalue weighted by Gasteiger charge is -2.26. The minimum atomic E-state index is -4.12. The number of aryl methyl sites for hydroxylation is 2. The van der Waals surface area contributed by atoms with Crippen molar-refractivity contribution in [3.05, 3.63) is 89.2 Å². The molecular formula is C29H33FN2O4S. The van der Waals surface area contributed by atoms with Gasteiger partial charge in [0.2, 0.25) is 5.91 Å². The maximum Gasteiger partial charge on any atom is 0.264 e. The van der Waals surface area contributed by atoms with Gasteiger partial charge in [-0.1, -0.05) is 25.1 Å². The van der Waals surface area contributed by atoms with Gasteiger partial charge in [0.1, 0.15) is 18.1 Å². The zero-order valence-corrected chi connectivity index (χ0v) is 22.1. The van der Waals surface area contributed by atoms with Gasteiger partial charge in [-0.3, -0.25) is 9.10 Å². The fourth-order valence-electron chi connectivity index (χ4n) is 4.69. The number of nitrogens with one attached hydrogen (secondary N) is 1. The van der Waals surface area contributed by atoms with E-state index in [1.807, 2.05) is 19.9 Å². The maximum atomic E-state index is 13.6. The second-order valence-electron chi connectivity index (χ2n) is 9.16. The SMILES string of the molecule is CCOc1ccc(S(=O)(=O)N(CC(=O)N[C@H](CC)c2ccc3c(c2)CCCC3)c2ccc(F)cc2)cc1. The molecular weight excluding hydrogens is 491 g/mol. The molecule has 3 aromatic rings. The number of anilines is 1. The lowest BCUT2D eigenvalue weighted by Crippen LogP contribution is -2.42. The molecule has 3 aromatic carbocycles. The summed E-state index contributed by atoms with van der Waals surface area (Å²) in [5.74, 6) is -0.392. The van der Waals surface area contributed by atoms with Crippen LogP contribution >= 0.6 is 0 Å². The Morgan fingerprint density at radius 3 is 2.30 bits per heavy atom. The summed E-state index contributed by atoms with van der Waals surface area (Å²) in [4.78, 5) is 13.2. The lowest BCUT2D eigenvalue weighted by molar-refractivity contribution is -0.120. The van der Waals surface area contributed by atoms with Crippen molar-refractivity contribution in [2.45, 2.75) is 56.9 Å². The number of nitrogens with zero attached hydrogens (tertiary/aromatic N) is 1. The highest BCUT2D eigenvalue weighted by Crippen LogP contribution is 2.28. The number of benzene rings is 3. The molecule has 0 fully saturated rings. The Morgan fingerprint density at radius 1 is 0.973 bits per heavy atom. The van der Waals surface area contributed by atoms with Crippen LogP contribution in [-0.4, -0.2) is 27.5 Å². The molecule has 1 aliphatic carbocycles. The van der Waals surface area contributed by atoms with Gasteiger partial charge in [-0.05, 0) is 104 Å². The minimum absolute atomic E-state index is 0.00908. The van der Waals surface area contributed by atoms with E-state index in [9.17, 15) is 17.6 Å². The Kier molecular flexibility index (Phi) is 8.48. The van der Waals surface area contributed by atoms with Gasteiger partial charge in [0.05, 0.1) is 23.2 Å². The predicted octanol–water partition coefficient (Wildman–Crippen LogP) is 5.57. The van der Waals surface area contributed by atoms with Crippen molar-refractivity contribution in [1.82, 2.24) is 5.32 Å². The van der Waals surface area contributed by atoms with Gasteiger partial charge < -0.3 is 10.1 Å². The lowest BCUT2D eigenvalue weighted by atomic mass is 9.89. The van der Waals surface area contributed by atoms with E-state index in [0.29, 0.717) is 18.8 Å². The Morgan fingerprint density at radius 2 is 1.65 bits per heavy atom. The topological polar surface area (TPSA) is 75.7 Å². The van der Waals surface area contributed by atoms with E-state index in [2.05, 4.69) is 17.4 Å². The monoisotopic (exact) mass is 524 g/mol. The van der Waals surface area contributed by atoms with Crippen LogP contribution in [0.2, 0.25) is 0 Å². The van der Waals surface area contributed by atoms with E-state index in [1.54, 1.807) is 12.1 Å². The molecule has 1 atom stereocenters. The number of amides is 1. The summed E-state index contributed by atoms with van der Waals surface area (Å²) in [6, 6.07) is 17.2. The normalized spacial score (nSPS) is 13.9. The first-order valence-electron chi connectivity index (χ1n) is 12.7. The predicted molar refractivity (Wildman–Crippen MR) is 143 cm³/mol. The molecule has 4 rings (SSSR count). The summed E-state index contributed by atoms with van der Waals surface area (Å²) in [6.45, 7) is 3.84. The van der Waals surface area contributed by atoms with Gasteiger partial charge in [-0.2, -0.15) is 0 Å². The van der Waals surface area contributed by atoms with Crippen LogP contribution < -0.4 is 14.4 Å². The number of carbonyl (C=O) groups is 1. The van der Waals surface area contributed by atoms with Crippen LogP contribution in [0.15, 0.2) is 71.6 Å². The number of sulfonamides is 1. The molecule has 0 radical (unpaired) electrons. The third-order valence-corrected chi connectivity index (χ3v) is 8.43. The van der Waals surface area contributed by atoms with E-state index < -0.39 is 28.3 Å². The van der Waals surface area contributed by atoms with Crippen molar-refractivity contribution in [2.24, 2.45) is 0 Å². The van der Waals surface area contributed by atoms with E-state index in [0.717, 1.165) is 29.1 Å². The summed E-state index contributed by atoms with van der Waals surface area (Å²) in [5, 5.41) is 3.01. The maximum absolute atomic E-state index is 13.6. The second kappa shape index (κ2) is 11.8. The van der Waals surface area contributed by atoms with Crippen molar-refractivity contribution in [1.29, 1.82) is 0 Å². The Hall–Kier alpha value is -3.39. The highest BCUT2D eigenvalue weighted by Gasteiger charge is 2.28. The molecule has 6 nitrogen and oxygen atoms in total. The minimum Gasteiger partial charge on any atom is -0.494 e. The third-order valence-electron chi connectivity index (χ3n) is 6.64. The van der Waals surface area contributed by atoms with Gasteiger partial charge in [-0.25, -0.2) is 12.8 Å². The fraction of sp³-hybridized carbons (Fsp3) is 0.345. The van der Waals surface area contributed by atoms with Crippen molar-refractivity contribution in [2.75, 3.05) is 17.5 Å². The average molecular weight is 525 g/mol. The standard InChI is InChI=1S/C29H33FN2O4S/c1-3-28(23-10-9-21-7-5-6-8-22(21)19-23)31-29(33)20-32(25-13-11-24(30)12-14-25)37(34,35)27-17-15-26(16-18-27)36-4-2/h9-19,28H,3-8,20H2,1-2H3,(H,31,33)/t28-/m1/s1. The van der Waals surface area contributed by atoms with Crippen LogP contribution in [0.25, 0.3) is 0 Å². The second-order valence-corrected chi connectivity index (χ2v) is 11.0. The van der Waals surface area contributed by atoms with Gasteiger partial charge in [0, 0.05) is 0 Å². The summed E-state index contributed by atoms with van der Waals surface area (Å²) in [6.07, 6.45) is 5.13. The zero-order valence-electron chi connectivity index (χ0n) is 21.2. The van der Waals surface area contributed by atoms with Crippen molar-refractivity contribution >= 4 is 21.6 Å². The number of ether oxygens (including phenoxy) is 1. The largest absolute Gasteiger partial charge is 0.494 e. The van der Waals surface area contributed by atoms with Crippen LogP contribution in [0, 0.1) is 5.82 Å². The molecule has 0 spiro atoms. The number of halogens is 1. The molecule has 1 N–H and O–H groups in total. The van der Waals surface area contributed by atoms with Crippen LogP contribution in [0.1, 0.15) is 55.8 Å². The molecule has 1 amide bonds. The Balaban J connectivity index is 1.58. The molecule has 0 saturated heterocycles. The zero-order chi connectivity index (χ0) is 26.4. The quantitative estimate of drug-likeness (QED) is 0.377. The van der Waals surface area contributed by atoms with Crippen molar-refractivity contribution < 1.29 is 22.3 Å². The van der Waals surface area contributed by atoms with E-state index in [-0.39, 0.29) is 16.6 Å². The van der Waals surface area contributed by atoms with Crippen LogP contribution in [-0.2, 0) is 27.7 Å². The van der Waals surface area contributed by atoms with Crippen LogP contribution in [0.3, 0.4) is 0 Å². The first-order valence-corrected chi connectivity index (χ1v) is 14.2. The number of rotatable bonds is 10. The molecule has 0 heterocycles. The van der Waals surface area contributed by atoms with Crippen LogP contribution in [0.4, 0.5) is 10.1 Å². The molecule has 0 aliphatic heterocycles. The van der Waals surface area contributed by atoms with Gasteiger partial charge >= 0.3 is 0 Å². The highest BCUT2D eigenvalue weighted by atomic mass is 32.2. The Bertz CT molecular complexity index is 1330. The number of hydrogen-bond donors (Lipinski definition) is 1. The molecule has 196 valence electrons. The molecule has 0 unspecified atom stereocenters. The summed E-state index contributed by atoms with van der Waals surface area (Å²) in [5.41, 5.74) is 3.90. The van der Waals surface area contributed by atoms with E-state index in [1.165, 1.54) is 53.9 Å². The highest BCUT2D eigenvalue weighted by molar-refractivity contribution is 7.92. The molecule has 0 bridgehead atoms. The molecule has 1 aliphatic rings. The van der Waals surface area contributed by atoms with E-state index in [4.69, 9.17) is 4.74 Å². The Labute approximate surface area is 218 Å². The average Bonchev–Trinajstić information content (AvgIpc) is 2.91. The number of hydrogen-bond acceptors (Lipinski definition) is 4. The number of carbonyl (C=O) groups excluding carboxylic acids is 1. The van der Waals surface area contributed by atoms with Crippen LogP contribution in [0.5, 0.6) is 5.75 Å².